The summed E-state index contributed by atoms with van der Waals surface area (Å²) in [4.78, 5) is 26.3. The van der Waals surface area contributed by atoms with Gasteiger partial charge in [-0.05, 0) is 25.0 Å². The molecule has 1 aliphatic heterocycles. The van der Waals surface area contributed by atoms with Crippen molar-refractivity contribution in [1.82, 2.24) is 10.2 Å². The number of likely N-dealkylation sites (tertiary alicyclic amines) is 1. The van der Waals surface area contributed by atoms with E-state index in [9.17, 15) is 9.59 Å². The van der Waals surface area contributed by atoms with Gasteiger partial charge in [-0.15, -0.1) is 0 Å². The van der Waals surface area contributed by atoms with Gasteiger partial charge in [0.05, 0.1) is 23.2 Å². The molecule has 0 radical (unpaired) electrons. The molecule has 1 aromatic rings. The van der Waals surface area contributed by atoms with E-state index in [1.54, 1.807) is 12.1 Å². The third-order valence-electron chi connectivity index (χ3n) is 3.97. The van der Waals surface area contributed by atoms with Crippen LogP contribution in [0.1, 0.15) is 29.6 Å². The number of carbonyl (C=O) groups is 2. The molecular formula is C15H16Cl2N2O3. The smallest absolute Gasteiger partial charge is 0.256 e. The third kappa shape index (κ3) is 2.88. The second-order valence-electron chi connectivity index (χ2n) is 5.59. The van der Waals surface area contributed by atoms with Crippen LogP contribution in [0.3, 0.4) is 0 Å². The predicted molar refractivity (Wildman–Crippen MR) is 83.6 cm³/mol. The van der Waals surface area contributed by atoms with E-state index in [-0.39, 0.29) is 34.2 Å². The molecule has 0 bridgehead atoms. The highest BCUT2D eigenvalue weighted by Gasteiger charge is 2.40. The minimum Gasteiger partial charge on any atom is -0.494 e. The minimum atomic E-state index is -0.375. The zero-order valence-corrected chi connectivity index (χ0v) is 13.6. The zero-order chi connectivity index (χ0) is 15.9. The molecule has 2 fully saturated rings. The monoisotopic (exact) mass is 342 g/mol. The fourth-order valence-electron chi connectivity index (χ4n) is 2.77. The Morgan fingerprint density at radius 3 is 2.64 bits per heavy atom. The van der Waals surface area contributed by atoms with Gasteiger partial charge in [0.15, 0.2) is 5.75 Å². The molecule has 1 aromatic carbocycles. The quantitative estimate of drug-likeness (QED) is 0.914. The molecule has 0 aromatic heterocycles. The molecule has 1 aliphatic carbocycles. The average Bonchev–Trinajstić information content (AvgIpc) is 3.25. The predicted octanol–water partition coefficient (Wildman–Crippen LogP) is 2.50. The standard InChI is InChI=1S/C15H16Cl2N2O3/c1-22-14-11(17)5-4-10(16)13(14)15(21)18-8-6-12(20)19(7-8)9-2-3-9/h4-5,8-9H,2-3,6-7H2,1H3,(H,18,21). The van der Waals surface area contributed by atoms with E-state index >= 15 is 0 Å². The summed E-state index contributed by atoms with van der Waals surface area (Å²) in [5, 5.41) is 3.44. The molecule has 1 saturated carbocycles. The molecule has 3 rings (SSSR count). The molecule has 1 saturated heterocycles. The van der Waals surface area contributed by atoms with Crippen molar-refractivity contribution in [3.8, 4) is 5.75 Å². The van der Waals surface area contributed by atoms with Gasteiger partial charge in [0.2, 0.25) is 5.91 Å². The highest BCUT2D eigenvalue weighted by atomic mass is 35.5. The molecule has 2 aliphatic rings. The van der Waals surface area contributed by atoms with E-state index < -0.39 is 0 Å². The van der Waals surface area contributed by atoms with Crippen molar-refractivity contribution in [2.24, 2.45) is 0 Å². The summed E-state index contributed by atoms with van der Waals surface area (Å²) in [5.74, 6) is -0.0354. The van der Waals surface area contributed by atoms with Crippen LogP contribution in [0.5, 0.6) is 5.75 Å². The van der Waals surface area contributed by atoms with E-state index in [4.69, 9.17) is 27.9 Å². The minimum absolute atomic E-state index is 0.0944. The van der Waals surface area contributed by atoms with Crippen LogP contribution < -0.4 is 10.1 Å². The number of methoxy groups -OCH3 is 1. The molecule has 1 atom stereocenters. The number of carbonyl (C=O) groups excluding carboxylic acids is 2. The lowest BCUT2D eigenvalue weighted by molar-refractivity contribution is -0.128. The Morgan fingerprint density at radius 1 is 1.32 bits per heavy atom. The van der Waals surface area contributed by atoms with Crippen LogP contribution in [0.15, 0.2) is 12.1 Å². The molecule has 1 N–H and O–H groups in total. The van der Waals surface area contributed by atoms with Gasteiger partial charge in [-0.1, -0.05) is 23.2 Å². The lowest BCUT2D eigenvalue weighted by atomic mass is 10.1. The van der Waals surface area contributed by atoms with Crippen molar-refractivity contribution < 1.29 is 14.3 Å². The van der Waals surface area contributed by atoms with Gasteiger partial charge < -0.3 is 15.0 Å². The molecule has 22 heavy (non-hydrogen) atoms. The van der Waals surface area contributed by atoms with Crippen molar-refractivity contribution in [3.63, 3.8) is 0 Å². The molecule has 118 valence electrons. The molecule has 1 unspecified atom stereocenters. The number of halogens is 2. The first kappa shape index (κ1) is 15.4. The lowest BCUT2D eigenvalue weighted by Gasteiger charge is -2.17. The van der Waals surface area contributed by atoms with Gasteiger partial charge >= 0.3 is 0 Å². The summed E-state index contributed by atoms with van der Waals surface area (Å²) in [6.07, 6.45) is 2.43. The van der Waals surface area contributed by atoms with Gasteiger partial charge in [-0.2, -0.15) is 0 Å². The van der Waals surface area contributed by atoms with Gasteiger partial charge in [0.1, 0.15) is 5.56 Å². The summed E-state index contributed by atoms with van der Waals surface area (Å²) in [5.41, 5.74) is 0.203. The van der Waals surface area contributed by atoms with Gasteiger partial charge in [-0.3, -0.25) is 9.59 Å². The summed E-state index contributed by atoms with van der Waals surface area (Å²) < 4.78 is 5.18. The van der Waals surface area contributed by atoms with Gasteiger partial charge in [0, 0.05) is 19.0 Å². The fourth-order valence-corrected chi connectivity index (χ4v) is 3.24. The van der Waals surface area contributed by atoms with E-state index in [1.807, 2.05) is 4.90 Å². The normalized spacial score (nSPS) is 21.1. The Kier molecular flexibility index (Phi) is 4.19. The van der Waals surface area contributed by atoms with Crippen molar-refractivity contribution in [3.05, 3.63) is 27.7 Å². The molecule has 0 spiro atoms. The van der Waals surface area contributed by atoms with Crippen LogP contribution in [0, 0.1) is 0 Å². The average molecular weight is 343 g/mol. The number of ether oxygens (including phenoxy) is 1. The van der Waals surface area contributed by atoms with Crippen molar-refractivity contribution >= 4 is 35.0 Å². The van der Waals surface area contributed by atoms with Gasteiger partial charge in [-0.25, -0.2) is 0 Å². The molecule has 7 heteroatoms. The van der Waals surface area contributed by atoms with Crippen LogP contribution in [0.4, 0.5) is 0 Å². The number of nitrogens with one attached hydrogen (secondary N) is 1. The highest BCUT2D eigenvalue weighted by Crippen LogP contribution is 2.34. The zero-order valence-electron chi connectivity index (χ0n) is 12.1. The summed E-state index contributed by atoms with van der Waals surface area (Å²) in [6.45, 7) is 0.551. The van der Waals surface area contributed by atoms with E-state index in [0.29, 0.717) is 24.0 Å². The Bertz CT molecular complexity index is 631. The maximum Gasteiger partial charge on any atom is 0.256 e. The number of nitrogens with zero attached hydrogens (tertiary/aromatic N) is 1. The van der Waals surface area contributed by atoms with Crippen molar-refractivity contribution in [2.45, 2.75) is 31.3 Å². The van der Waals surface area contributed by atoms with Crippen LogP contribution in [0.25, 0.3) is 0 Å². The fraction of sp³-hybridized carbons (Fsp3) is 0.467. The number of amides is 2. The first-order chi connectivity index (χ1) is 10.5. The van der Waals surface area contributed by atoms with Crippen molar-refractivity contribution in [1.29, 1.82) is 0 Å². The Morgan fingerprint density at radius 2 is 2.00 bits per heavy atom. The van der Waals surface area contributed by atoms with Crippen LogP contribution in [-0.4, -0.2) is 42.5 Å². The van der Waals surface area contributed by atoms with Crippen LogP contribution in [-0.2, 0) is 4.79 Å². The van der Waals surface area contributed by atoms with Gasteiger partial charge in [0.25, 0.3) is 5.91 Å². The van der Waals surface area contributed by atoms with E-state index in [1.165, 1.54) is 7.11 Å². The first-order valence-electron chi connectivity index (χ1n) is 7.13. The molecule has 1 heterocycles. The third-order valence-corrected chi connectivity index (χ3v) is 4.58. The maximum absolute atomic E-state index is 12.5. The second kappa shape index (κ2) is 5.97. The first-order valence-corrected chi connectivity index (χ1v) is 7.89. The number of hydrogen-bond donors (Lipinski definition) is 1. The summed E-state index contributed by atoms with van der Waals surface area (Å²) >= 11 is 12.1. The summed E-state index contributed by atoms with van der Waals surface area (Å²) in [6, 6.07) is 3.28. The second-order valence-corrected chi connectivity index (χ2v) is 6.40. The molecular weight excluding hydrogens is 327 g/mol. The van der Waals surface area contributed by atoms with Crippen molar-refractivity contribution in [2.75, 3.05) is 13.7 Å². The largest absolute Gasteiger partial charge is 0.494 e. The summed E-state index contributed by atoms with van der Waals surface area (Å²) in [7, 11) is 1.43. The molecule has 2 amide bonds. The Hall–Kier alpha value is -1.46. The lowest BCUT2D eigenvalue weighted by Crippen LogP contribution is -2.37. The topological polar surface area (TPSA) is 58.6 Å². The molecule has 5 nitrogen and oxygen atoms in total. The highest BCUT2D eigenvalue weighted by molar-refractivity contribution is 6.37. The number of benzene rings is 1. The van der Waals surface area contributed by atoms with Crippen LogP contribution in [0.2, 0.25) is 10.0 Å². The Labute approximate surface area is 138 Å². The SMILES string of the molecule is COc1c(Cl)ccc(Cl)c1C(=O)NC1CC(=O)N(C2CC2)C1. The number of rotatable bonds is 4. The maximum atomic E-state index is 12.5. The van der Waals surface area contributed by atoms with Crippen LogP contribution >= 0.6 is 23.2 Å². The van der Waals surface area contributed by atoms with E-state index in [2.05, 4.69) is 5.32 Å². The Balaban J connectivity index is 1.75. The van der Waals surface area contributed by atoms with E-state index in [0.717, 1.165) is 12.8 Å². The number of hydrogen-bond acceptors (Lipinski definition) is 3.